The molecule has 0 aromatic heterocycles. The maximum atomic E-state index is 12.1. The molecule has 1 aliphatic heterocycles. The fourth-order valence-electron chi connectivity index (χ4n) is 1.79. The highest BCUT2D eigenvalue weighted by Gasteiger charge is 2.26. The molecule has 3 nitrogen and oxygen atoms in total. The Kier molecular flexibility index (Phi) is 2.84. The quantitative estimate of drug-likeness (QED) is 0.647. The van der Waals surface area contributed by atoms with Crippen LogP contribution in [0.3, 0.4) is 0 Å². The van der Waals surface area contributed by atoms with Gasteiger partial charge >= 0.3 is 0 Å². The molecule has 2 rings (SSSR count). The molecule has 1 aromatic carbocycles. The van der Waals surface area contributed by atoms with Crippen LogP contribution in [0.15, 0.2) is 29.2 Å². The molecule has 1 saturated heterocycles. The highest BCUT2D eigenvalue weighted by molar-refractivity contribution is 7.89. The number of rotatable bonds is 2. The SMILES string of the molecule is Bc1ccc(S(=O)(=O)N2CCCC2)cc1. The molecule has 0 aliphatic carbocycles. The summed E-state index contributed by atoms with van der Waals surface area (Å²) in [5, 5.41) is 0. The Morgan fingerprint density at radius 3 is 2.13 bits per heavy atom. The molecule has 80 valence electrons. The average molecular weight is 223 g/mol. The van der Waals surface area contributed by atoms with Crippen LogP contribution in [0.1, 0.15) is 12.8 Å². The number of sulfonamides is 1. The van der Waals surface area contributed by atoms with Gasteiger partial charge in [-0.3, -0.25) is 0 Å². The molecule has 0 bridgehead atoms. The molecule has 0 saturated carbocycles. The van der Waals surface area contributed by atoms with Crippen molar-refractivity contribution in [2.45, 2.75) is 17.7 Å². The maximum Gasteiger partial charge on any atom is 0.243 e. The predicted molar refractivity (Wildman–Crippen MR) is 62.6 cm³/mol. The Balaban J connectivity index is 2.32. The molecule has 0 radical (unpaired) electrons. The molecule has 0 amide bonds. The van der Waals surface area contributed by atoms with Crippen LogP contribution in [0.2, 0.25) is 0 Å². The summed E-state index contributed by atoms with van der Waals surface area (Å²) in [5.74, 6) is 0. The monoisotopic (exact) mass is 223 g/mol. The van der Waals surface area contributed by atoms with Crippen molar-refractivity contribution in [3.05, 3.63) is 24.3 Å². The smallest absolute Gasteiger partial charge is 0.207 e. The van der Waals surface area contributed by atoms with Gasteiger partial charge in [-0.25, -0.2) is 8.42 Å². The fourth-order valence-corrected chi connectivity index (χ4v) is 3.30. The van der Waals surface area contributed by atoms with E-state index in [1.807, 2.05) is 20.0 Å². The Bertz CT molecular complexity index is 435. The lowest BCUT2D eigenvalue weighted by molar-refractivity contribution is 0.477. The van der Waals surface area contributed by atoms with Gasteiger partial charge in [-0.1, -0.05) is 17.6 Å². The van der Waals surface area contributed by atoms with Gasteiger partial charge in [-0.15, -0.1) is 0 Å². The molecular weight excluding hydrogens is 209 g/mol. The van der Waals surface area contributed by atoms with Gasteiger partial charge < -0.3 is 0 Å². The standard InChI is InChI=1S/C10H14BNO2S/c11-9-3-5-10(6-4-9)15(13,14)12-7-1-2-8-12/h3-6H,1-2,7-8,11H2. The van der Waals surface area contributed by atoms with Gasteiger partial charge in [-0.2, -0.15) is 4.31 Å². The fraction of sp³-hybridized carbons (Fsp3) is 0.400. The largest absolute Gasteiger partial charge is 0.243 e. The number of nitrogens with zero attached hydrogens (tertiary/aromatic N) is 1. The van der Waals surface area contributed by atoms with Crippen molar-refractivity contribution in [2.24, 2.45) is 0 Å². The van der Waals surface area contributed by atoms with E-state index >= 15 is 0 Å². The molecule has 0 N–H and O–H groups in total. The molecule has 0 spiro atoms. The second kappa shape index (κ2) is 3.98. The average Bonchev–Trinajstić information content (AvgIpc) is 2.71. The van der Waals surface area contributed by atoms with Crippen molar-refractivity contribution >= 4 is 23.3 Å². The zero-order valence-electron chi connectivity index (χ0n) is 8.81. The summed E-state index contributed by atoms with van der Waals surface area (Å²) in [6.45, 7) is 1.33. The lowest BCUT2D eigenvalue weighted by Gasteiger charge is -2.15. The van der Waals surface area contributed by atoms with Crippen molar-refractivity contribution < 1.29 is 8.42 Å². The first kappa shape index (κ1) is 10.7. The van der Waals surface area contributed by atoms with Crippen LogP contribution in [0.25, 0.3) is 0 Å². The molecule has 0 unspecified atom stereocenters. The van der Waals surface area contributed by atoms with Gasteiger partial charge in [0, 0.05) is 13.1 Å². The Labute approximate surface area is 91.6 Å². The highest BCUT2D eigenvalue weighted by Crippen LogP contribution is 2.19. The normalized spacial score (nSPS) is 18.1. The maximum absolute atomic E-state index is 12.1. The topological polar surface area (TPSA) is 37.4 Å². The van der Waals surface area contributed by atoms with Crippen LogP contribution in [-0.2, 0) is 10.0 Å². The van der Waals surface area contributed by atoms with Crippen LogP contribution >= 0.6 is 0 Å². The summed E-state index contributed by atoms with van der Waals surface area (Å²) < 4.78 is 25.7. The Morgan fingerprint density at radius 1 is 1.07 bits per heavy atom. The third-order valence-corrected chi connectivity index (χ3v) is 4.64. The predicted octanol–water partition coefficient (Wildman–Crippen LogP) is -0.271. The Hall–Kier alpha value is -0.805. The van der Waals surface area contributed by atoms with Crippen molar-refractivity contribution in [3.8, 4) is 0 Å². The minimum atomic E-state index is -3.22. The van der Waals surface area contributed by atoms with Gasteiger partial charge in [0.15, 0.2) is 0 Å². The molecule has 1 fully saturated rings. The lowest BCUT2D eigenvalue weighted by atomic mass is 9.97. The van der Waals surface area contributed by atoms with Crippen molar-refractivity contribution in [1.82, 2.24) is 4.31 Å². The molecule has 1 heterocycles. The van der Waals surface area contributed by atoms with Crippen molar-refractivity contribution in [2.75, 3.05) is 13.1 Å². The second-order valence-electron chi connectivity index (χ2n) is 3.92. The summed E-state index contributed by atoms with van der Waals surface area (Å²) in [6, 6.07) is 7.04. The molecule has 0 atom stereocenters. The molecular formula is C10H14BNO2S. The van der Waals surface area contributed by atoms with E-state index in [-0.39, 0.29) is 0 Å². The van der Waals surface area contributed by atoms with E-state index in [2.05, 4.69) is 0 Å². The number of hydrogen-bond acceptors (Lipinski definition) is 2. The zero-order chi connectivity index (χ0) is 10.9. The van der Waals surface area contributed by atoms with Gasteiger partial charge in [0.1, 0.15) is 7.85 Å². The Morgan fingerprint density at radius 2 is 1.60 bits per heavy atom. The van der Waals surface area contributed by atoms with Crippen LogP contribution in [0.5, 0.6) is 0 Å². The highest BCUT2D eigenvalue weighted by atomic mass is 32.2. The zero-order valence-corrected chi connectivity index (χ0v) is 9.63. The summed E-state index contributed by atoms with van der Waals surface area (Å²) in [6.07, 6.45) is 1.95. The van der Waals surface area contributed by atoms with Gasteiger partial charge in [-0.05, 0) is 25.0 Å². The van der Waals surface area contributed by atoms with Crippen LogP contribution in [0.4, 0.5) is 0 Å². The van der Waals surface area contributed by atoms with Crippen molar-refractivity contribution in [1.29, 1.82) is 0 Å². The first-order valence-corrected chi connectivity index (χ1v) is 6.61. The van der Waals surface area contributed by atoms with E-state index in [0.717, 1.165) is 18.3 Å². The van der Waals surface area contributed by atoms with Crippen LogP contribution in [-0.4, -0.2) is 33.7 Å². The second-order valence-corrected chi connectivity index (χ2v) is 5.86. The van der Waals surface area contributed by atoms with E-state index in [0.29, 0.717) is 18.0 Å². The van der Waals surface area contributed by atoms with Crippen LogP contribution < -0.4 is 5.46 Å². The minimum Gasteiger partial charge on any atom is -0.207 e. The molecule has 15 heavy (non-hydrogen) atoms. The first-order chi connectivity index (χ1) is 7.10. The first-order valence-electron chi connectivity index (χ1n) is 5.17. The lowest BCUT2D eigenvalue weighted by Crippen LogP contribution is -2.28. The third-order valence-electron chi connectivity index (χ3n) is 2.72. The van der Waals surface area contributed by atoms with Crippen molar-refractivity contribution in [3.63, 3.8) is 0 Å². The minimum absolute atomic E-state index is 0.412. The van der Waals surface area contributed by atoms with Gasteiger partial charge in [0.2, 0.25) is 10.0 Å². The summed E-state index contributed by atoms with van der Waals surface area (Å²) in [5.41, 5.74) is 1.08. The molecule has 1 aliphatic rings. The van der Waals surface area contributed by atoms with E-state index < -0.39 is 10.0 Å². The van der Waals surface area contributed by atoms with E-state index in [1.54, 1.807) is 16.4 Å². The number of hydrogen-bond donors (Lipinski definition) is 0. The van der Waals surface area contributed by atoms with Crippen LogP contribution in [0, 0.1) is 0 Å². The molecule has 5 heteroatoms. The summed E-state index contributed by atoms with van der Waals surface area (Å²) in [7, 11) is -1.27. The molecule has 1 aromatic rings. The van der Waals surface area contributed by atoms with Gasteiger partial charge in [0.05, 0.1) is 4.90 Å². The van der Waals surface area contributed by atoms with E-state index in [4.69, 9.17) is 0 Å². The van der Waals surface area contributed by atoms with E-state index in [1.165, 1.54) is 0 Å². The van der Waals surface area contributed by atoms with Gasteiger partial charge in [0.25, 0.3) is 0 Å². The summed E-state index contributed by atoms with van der Waals surface area (Å²) >= 11 is 0. The van der Waals surface area contributed by atoms with E-state index in [9.17, 15) is 8.42 Å². The summed E-state index contributed by atoms with van der Waals surface area (Å²) in [4.78, 5) is 0.412. The number of benzene rings is 1. The third kappa shape index (κ3) is 2.08.